The summed E-state index contributed by atoms with van der Waals surface area (Å²) in [6.45, 7) is 6.01. The number of carbonyl (C=O) groups is 1. The average molecular weight is 367 g/mol. The molecular formula is C22H30N4O. The SMILES string of the molecule is CC1C[C@H](c2cccc3ncccc23)CN(C(=O)NC2CCN(C)CC2)C1. The molecule has 2 aliphatic heterocycles. The van der Waals surface area contributed by atoms with Crippen molar-refractivity contribution < 1.29 is 4.79 Å². The molecule has 2 atom stereocenters. The van der Waals surface area contributed by atoms with Crippen molar-refractivity contribution in [2.75, 3.05) is 33.2 Å². The molecule has 3 heterocycles. The van der Waals surface area contributed by atoms with Gasteiger partial charge in [-0.2, -0.15) is 0 Å². The van der Waals surface area contributed by atoms with E-state index >= 15 is 0 Å². The zero-order chi connectivity index (χ0) is 18.8. The Kier molecular flexibility index (Phi) is 5.30. The van der Waals surface area contributed by atoms with Crippen LogP contribution in [0.3, 0.4) is 0 Å². The molecule has 0 spiro atoms. The minimum Gasteiger partial charge on any atom is -0.335 e. The largest absolute Gasteiger partial charge is 0.335 e. The number of likely N-dealkylation sites (tertiary alicyclic amines) is 2. The lowest BCUT2D eigenvalue weighted by Gasteiger charge is -2.38. The van der Waals surface area contributed by atoms with Crippen LogP contribution in [0.1, 0.15) is 37.7 Å². The third-order valence-corrected chi connectivity index (χ3v) is 6.11. The summed E-state index contributed by atoms with van der Waals surface area (Å²) in [6, 6.07) is 10.9. The number of amides is 2. The van der Waals surface area contributed by atoms with Gasteiger partial charge in [-0.1, -0.05) is 25.1 Å². The number of rotatable bonds is 2. The zero-order valence-electron chi connectivity index (χ0n) is 16.4. The number of fused-ring (bicyclic) bond motifs is 1. The van der Waals surface area contributed by atoms with Crippen LogP contribution in [0.5, 0.6) is 0 Å². The summed E-state index contributed by atoms with van der Waals surface area (Å²) in [7, 11) is 2.15. The normalized spacial score (nSPS) is 24.9. The molecular weight excluding hydrogens is 336 g/mol. The lowest BCUT2D eigenvalue weighted by Crippen LogP contribution is -2.52. The van der Waals surface area contributed by atoms with Crippen molar-refractivity contribution >= 4 is 16.9 Å². The Morgan fingerprint density at radius 3 is 2.78 bits per heavy atom. The Labute approximate surface area is 161 Å². The second-order valence-electron chi connectivity index (χ2n) is 8.39. The fourth-order valence-electron chi connectivity index (χ4n) is 4.64. The third kappa shape index (κ3) is 4.08. The van der Waals surface area contributed by atoms with E-state index in [1.54, 1.807) is 0 Å². The highest BCUT2D eigenvalue weighted by Crippen LogP contribution is 2.33. The molecule has 1 aromatic heterocycles. The predicted octanol–water partition coefficient (Wildman–Crippen LogP) is 3.46. The summed E-state index contributed by atoms with van der Waals surface area (Å²) in [5.41, 5.74) is 2.36. The Balaban J connectivity index is 1.48. The molecule has 5 nitrogen and oxygen atoms in total. The van der Waals surface area contributed by atoms with Crippen molar-refractivity contribution in [2.45, 2.75) is 38.1 Å². The van der Waals surface area contributed by atoms with E-state index in [2.05, 4.69) is 53.4 Å². The van der Waals surface area contributed by atoms with E-state index in [1.807, 2.05) is 17.2 Å². The molecule has 0 saturated carbocycles. The second-order valence-corrected chi connectivity index (χ2v) is 8.39. The lowest BCUT2D eigenvalue weighted by molar-refractivity contribution is 0.150. The van der Waals surface area contributed by atoms with E-state index in [9.17, 15) is 4.79 Å². The maximum atomic E-state index is 12.9. The fraction of sp³-hybridized carbons (Fsp3) is 0.545. The van der Waals surface area contributed by atoms with Gasteiger partial charge in [0.15, 0.2) is 0 Å². The highest BCUT2D eigenvalue weighted by Gasteiger charge is 2.31. The summed E-state index contributed by atoms with van der Waals surface area (Å²) >= 11 is 0. The Morgan fingerprint density at radius 1 is 1.15 bits per heavy atom. The standard InChI is InChI=1S/C22H30N4O/c1-16-13-17(19-5-3-7-21-20(19)6-4-10-23-21)15-26(14-16)22(27)24-18-8-11-25(2)12-9-18/h3-7,10,16-18H,8-9,11-15H2,1-2H3,(H,24,27)/t16?,17-/m0/s1. The molecule has 1 aromatic carbocycles. The molecule has 2 fully saturated rings. The molecule has 2 saturated heterocycles. The maximum absolute atomic E-state index is 12.9. The molecule has 1 unspecified atom stereocenters. The van der Waals surface area contributed by atoms with Crippen LogP contribution in [0.25, 0.3) is 10.9 Å². The van der Waals surface area contributed by atoms with Crippen molar-refractivity contribution in [1.29, 1.82) is 0 Å². The summed E-state index contributed by atoms with van der Waals surface area (Å²) in [4.78, 5) is 21.8. The molecule has 2 aliphatic rings. The zero-order valence-corrected chi connectivity index (χ0v) is 16.4. The van der Waals surface area contributed by atoms with Crippen LogP contribution in [0.2, 0.25) is 0 Å². The van der Waals surface area contributed by atoms with Gasteiger partial charge in [-0.15, -0.1) is 0 Å². The molecule has 1 N–H and O–H groups in total. The first-order valence-electron chi connectivity index (χ1n) is 10.2. The first-order valence-corrected chi connectivity index (χ1v) is 10.2. The van der Waals surface area contributed by atoms with E-state index in [0.29, 0.717) is 17.9 Å². The number of nitrogens with zero attached hydrogens (tertiary/aromatic N) is 3. The van der Waals surface area contributed by atoms with Gasteiger partial charge >= 0.3 is 6.03 Å². The smallest absolute Gasteiger partial charge is 0.317 e. The molecule has 2 amide bonds. The van der Waals surface area contributed by atoms with Gasteiger partial charge in [0.1, 0.15) is 0 Å². The van der Waals surface area contributed by atoms with Crippen LogP contribution in [-0.2, 0) is 0 Å². The Bertz CT molecular complexity index is 795. The number of pyridine rings is 1. The van der Waals surface area contributed by atoms with Gasteiger partial charge in [-0.3, -0.25) is 4.98 Å². The summed E-state index contributed by atoms with van der Waals surface area (Å²) < 4.78 is 0. The van der Waals surface area contributed by atoms with Gasteiger partial charge in [0.25, 0.3) is 0 Å². The van der Waals surface area contributed by atoms with Crippen LogP contribution in [0, 0.1) is 5.92 Å². The predicted molar refractivity (Wildman–Crippen MR) is 109 cm³/mol. The molecule has 4 rings (SSSR count). The number of hydrogen-bond donors (Lipinski definition) is 1. The van der Waals surface area contributed by atoms with Gasteiger partial charge < -0.3 is 15.1 Å². The highest BCUT2D eigenvalue weighted by molar-refractivity contribution is 5.83. The molecule has 0 radical (unpaired) electrons. The first kappa shape index (κ1) is 18.2. The van der Waals surface area contributed by atoms with Crippen LogP contribution in [-0.4, -0.2) is 60.1 Å². The molecule has 144 valence electrons. The molecule has 0 bridgehead atoms. The topological polar surface area (TPSA) is 48.5 Å². The number of hydrogen-bond acceptors (Lipinski definition) is 3. The van der Waals surface area contributed by atoms with Crippen LogP contribution in [0.4, 0.5) is 4.79 Å². The first-order chi connectivity index (χ1) is 13.1. The van der Waals surface area contributed by atoms with Crippen molar-refractivity contribution in [2.24, 2.45) is 5.92 Å². The molecule has 5 heteroatoms. The number of carbonyl (C=O) groups excluding carboxylic acids is 1. The van der Waals surface area contributed by atoms with E-state index in [4.69, 9.17) is 0 Å². The maximum Gasteiger partial charge on any atom is 0.317 e. The Morgan fingerprint density at radius 2 is 1.96 bits per heavy atom. The monoisotopic (exact) mass is 366 g/mol. The van der Waals surface area contributed by atoms with Gasteiger partial charge in [0, 0.05) is 36.6 Å². The number of benzene rings is 1. The number of nitrogens with one attached hydrogen (secondary N) is 1. The van der Waals surface area contributed by atoms with Crippen molar-refractivity contribution in [3.8, 4) is 0 Å². The summed E-state index contributed by atoms with van der Waals surface area (Å²) in [5, 5.41) is 4.50. The second kappa shape index (κ2) is 7.85. The fourth-order valence-corrected chi connectivity index (χ4v) is 4.64. The number of piperidine rings is 2. The minimum absolute atomic E-state index is 0.111. The highest BCUT2D eigenvalue weighted by atomic mass is 16.2. The molecule has 0 aliphatic carbocycles. The quantitative estimate of drug-likeness (QED) is 0.885. The number of urea groups is 1. The lowest BCUT2D eigenvalue weighted by atomic mass is 9.84. The third-order valence-electron chi connectivity index (χ3n) is 6.11. The number of aromatic nitrogens is 1. The minimum atomic E-state index is 0.111. The van der Waals surface area contributed by atoms with Gasteiger partial charge in [-0.05, 0) is 63.0 Å². The average Bonchev–Trinajstić information content (AvgIpc) is 2.69. The van der Waals surface area contributed by atoms with Gasteiger partial charge in [-0.25, -0.2) is 4.79 Å². The molecule has 27 heavy (non-hydrogen) atoms. The van der Waals surface area contributed by atoms with E-state index in [0.717, 1.165) is 51.0 Å². The Hall–Kier alpha value is -2.14. The molecule has 2 aromatic rings. The van der Waals surface area contributed by atoms with Crippen LogP contribution < -0.4 is 5.32 Å². The van der Waals surface area contributed by atoms with Crippen LogP contribution >= 0.6 is 0 Å². The van der Waals surface area contributed by atoms with Gasteiger partial charge in [0.05, 0.1) is 5.52 Å². The van der Waals surface area contributed by atoms with Gasteiger partial charge in [0.2, 0.25) is 0 Å². The van der Waals surface area contributed by atoms with Crippen molar-refractivity contribution in [3.63, 3.8) is 0 Å². The van der Waals surface area contributed by atoms with E-state index in [1.165, 1.54) is 10.9 Å². The van der Waals surface area contributed by atoms with E-state index < -0.39 is 0 Å². The van der Waals surface area contributed by atoms with Crippen LogP contribution in [0.15, 0.2) is 36.5 Å². The van der Waals surface area contributed by atoms with Crippen molar-refractivity contribution in [1.82, 2.24) is 20.1 Å². The van der Waals surface area contributed by atoms with Crippen molar-refractivity contribution in [3.05, 3.63) is 42.1 Å². The summed E-state index contributed by atoms with van der Waals surface area (Å²) in [5.74, 6) is 0.865. The summed E-state index contributed by atoms with van der Waals surface area (Å²) in [6.07, 6.45) is 5.05. The van der Waals surface area contributed by atoms with E-state index in [-0.39, 0.29) is 6.03 Å².